The zero-order valence-electron chi connectivity index (χ0n) is 19.3. The smallest absolute Gasteiger partial charge is 0.277 e. The molecule has 2 rings (SSSR count). The number of hydrogen-bond donors (Lipinski definition) is 1. The van der Waals surface area contributed by atoms with E-state index in [1.807, 2.05) is 25.2 Å². The third-order valence-corrected chi connectivity index (χ3v) is 6.45. The number of hydrogen-bond acceptors (Lipinski definition) is 2. The van der Waals surface area contributed by atoms with Crippen LogP contribution >= 0.6 is 0 Å². The average molecular weight is 441 g/mol. The van der Waals surface area contributed by atoms with Gasteiger partial charge in [-0.15, -0.1) is 0 Å². The molecular formula is C28H34F2O2. The van der Waals surface area contributed by atoms with Gasteiger partial charge in [0.15, 0.2) is 5.78 Å². The van der Waals surface area contributed by atoms with Gasteiger partial charge >= 0.3 is 0 Å². The third kappa shape index (κ3) is 6.23. The second-order valence-electron chi connectivity index (χ2n) is 8.79. The molecular weight excluding hydrogens is 406 g/mol. The van der Waals surface area contributed by atoms with Crippen molar-refractivity contribution in [1.82, 2.24) is 0 Å². The topological polar surface area (TPSA) is 37.3 Å². The molecule has 32 heavy (non-hydrogen) atoms. The van der Waals surface area contributed by atoms with Gasteiger partial charge in [-0.3, -0.25) is 4.79 Å². The summed E-state index contributed by atoms with van der Waals surface area (Å²) in [5.41, 5.74) is 1.92. The lowest BCUT2D eigenvalue weighted by atomic mass is 9.79. The number of Topliss-reactive ketones (excluding diaryl/α,β-unsaturated/α-hetero) is 1. The first-order chi connectivity index (χ1) is 15.0. The van der Waals surface area contributed by atoms with Crippen LogP contribution in [0.3, 0.4) is 0 Å². The number of allylic oxidation sites excluding steroid dienone is 8. The Bertz CT molecular complexity index is 915. The van der Waals surface area contributed by atoms with Gasteiger partial charge in [-0.05, 0) is 56.6 Å². The molecule has 1 N–H and O–H groups in total. The second kappa shape index (κ2) is 10.8. The predicted molar refractivity (Wildman–Crippen MR) is 128 cm³/mol. The van der Waals surface area contributed by atoms with Crippen molar-refractivity contribution in [2.45, 2.75) is 64.4 Å². The quantitative estimate of drug-likeness (QED) is 0.245. The summed E-state index contributed by atoms with van der Waals surface area (Å²) in [7, 11) is 0. The zero-order valence-corrected chi connectivity index (χ0v) is 19.3. The van der Waals surface area contributed by atoms with Gasteiger partial charge in [0.1, 0.15) is 5.60 Å². The van der Waals surface area contributed by atoms with Crippen LogP contribution in [0.15, 0.2) is 84.5 Å². The summed E-state index contributed by atoms with van der Waals surface area (Å²) in [4.78, 5) is 12.7. The third-order valence-electron chi connectivity index (χ3n) is 6.45. The molecule has 1 aliphatic carbocycles. The SMILES string of the molecule is C=C/C=C\C(=C/C=C)C1CCC(=C(C)CC(=O)c2ccc([C@](C)(O)C(C)(F)F)cc2)CC1. The molecule has 0 spiro atoms. The first-order valence-electron chi connectivity index (χ1n) is 11.0. The normalized spacial score (nSPS) is 19.5. The summed E-state index contributed by atoms with van der Waals surface area (Å²) in [6.45, 7) is 11.3. The van der Waals surface area contributed by atoms with Crippen LogP contribution in [0, 0.1) is 5.92 Å². The molecule has 1 aliphatic rings. The molecule has 0 radical (unpaired) electrons. The second-order valence-corrected chi connectivity index (χ2v) is 8.79. The Kier molecular flexibility index (Phi) is 8.68. The van der Waals surface area contributed by atoms with Gasteiger partial charge in [0.25, 0.3) is 5.92 Å². The van der Waals surface area contributed by atoms with Gasteiger partial charge < -0.3 is 5.11 Å². The molecule has 4 heteroatoms. The molecule has 0 aliphatic heterocycles. The van der Waals surface area contributed by atoms with E-state index in [1.165, 1.54) is 35.4 Å². The Morgan fingerprint density at radius 2 is 1.72 bits per heavy atom. The number of halogens is 2. The molecule has 1 aromatic rings. The molecule has 1 atom stereocenters. The lowest BCUT2D eigenvalue weighted by molar-refractivity contribution is -0.165. The van der Waals surface area contributed by atoms with Crippen molar-refractivity contribution in [2.24, 2.45) is 5.92 Å². The largest absolute Gasteiger partial charge is 0.379 e. The number of benzene rings is 1. The fourth-order valence-corrected chi connectivity index (χ4v) is 4.07. The minimum atomic E-state index is -3.29. The van der Waals surface area contributed by atoms with Gasteiger partial charge in [0.2, 0.25) is 0 Å². The summed E-state index contributed by atoms with van der Waals surface area (Å²) in [5.74, 6) is -2.87. The number of alkyl halides is 2. The van der Waals surface area contributed by atoms with E-state index in [9.17, 15) is 18.7 Å². The molecule has 0 unspecified atom stereocenters. The fourth-order valence-electron chi connectivity index (χ4n) is 4.07. The van der Waals surface area contributed by atoms with Crippen molar-refractivity contribution in [1.29, 1.82) is 0 Å². The van der Waals surface area contributed by atoms with E-state index in [4.69, 9.17) is 0 Å². The van der Waals surface area contributed by atoms with Crippen LogP contribution in [0.4, 0.5) is 8.78 Å². The average Bonchev–Trinajstić information content (AvgIpc) is 2.76. The van der Waals surface area contributed by atoms with E-state index < -0.39 is 11.5 Å². The minimum Gasteiger partial charge on any atom is -0.379 e. The van der Waals surface area contributed by atoms with Crippen molar-refractivity contribution < 1.29 is 18.7 Å². The summed E-state index contributed by atoms with van der Waals surface area (Å²) >= 11 is 0. The Labute approximate surface area is 190 Å². The highest BCUT2D eigenvalue weighted by Crippen LogP contribution is 2.38. The number of ketones is 1. The summed E-state index contributed by atoms with van der Waals surface area (Å²) in [5, 5.41) is 10.1. The molecule has 0 heterocycles. The van der Waals surface area contributed by atoms with Crippen molar-refractivity contribution in [2.75, 3.05) is 0 Å². The number of aliphatic hydroxyl groups is 1. The molecule has 0 amide bonds. The van der Waals surface area contributed by atoms with Crippen molar-refractivity contribution in [3.63, 3.8) is 0 Å². The molecule has 0 saturated heterocycles. The summed E-state index contributed by atoms with van der Waals surface area (Å²) < 4.78 is 27.3. The number of carbonyl (C=O) groups is 1. The molecule has 1 saturated carbocycles. The maximum Gasteiger partial charge on any atom is 0.277 e. The highest BCUT2D eigenvalue weighted by atomic mass is 19.3. The monoisotopic (exact) mass is 440 g/mol. The first-order valence-corrected chi connectivity index (χ1v) is 11.0. The van der Waals surface area contributed by atoms with Crippen molar-refractivity contribution in [3.05, 3.63) is 95.6 Å². The summed E-state index contributed by atoms with van der Waals surface area (Å²) in [6.07, 6.45) is 13.9. The van der Waals surface area contributed by atoms with Crippen molar-refractivity contribution in [3.8, 4) is 0 Å². The number of rotatable bonds is 9. The van der Waals surface area contributed by atoms with E-state index in [1.54, 1.807) is 6.08 Å². The van der Waals surface area contributed by atoms with E-state index in [-0.39, 0.29) is 11.3 Å². The van der Waals surface area contributed by atoms with E-state index in [0.29, 0.717) is 24.8 Å². The molecule has 0 aromatic heterocycles. The van der Waals surface area contributed by atoms with Crippen molar-refractivity contribution >= 4 is 5.78 Å². The molecule has 1 fully saturated rings. The molecule has 172 valence electrons. The van der Waals surface area contributed by atoms with E-state index in [2.05, 4.69) is 19.2 Å². The van der Waals surface area contributed by atoms with Crippen LogP contribution in [0.2, 0.25) is 0 Å². The fraction of sp³-hybridized carbons (Fsp3) is 0.393. The zero-order chi connectivity index (χ0) is 23.9. The minimum absolute atomic E-state index is 0.0484. The van der Waals surface area contributed by atoms with E-state index >= 15 is 0 Å². The lowest BCUT2D eigenvalue weighted by Crippen LogP contribution is -2.40. The predicted octanol–water partition coefficient (Wildman–Crippen LogP) is 7.48. The van der Waals surface area contributed by atoms with Crippen LogP contribution < -0.4 is 0 Å². The Hall–Kier alpha value is -2.59. The van der Waals surface area contributed by atoms with E-state index in [0.717, 1.165) is 38.2 Å². The molecule has 1 aromatic carbocycles. The molecule has 0 bridgehead atoms. The van der Waals surface area contributed by atoms with Gasteiger partial charge in [-0.2, -0.15) is 0 Å². The van der Waals surface area contributed by atoms with Crippen LogP contribution in [0.5, 0.6) is 0 Å². The highest BCUT2D eigenvalue weighted by molar-refractivity contribution is 5.97. The highest BCUT2D eigenvalue weighted by Gasteiger charge is 2.45. The number of carbonyl (C=O) groups excluding carboxylic acids is 1. The van der Waals surface area contributed by atoms with Gasteiger partial charge in [-0.25, -0.2) is 8.78 Å². The van der Waals surface area contributed by atoms with Crippen LogP contribution in [0.25, 0.3) is 0 Å². The Morgan fingerprint density at radius 1 is 1.12 bits per heavy atom. The van der Waals surface area contributed by atoms with Gasteiger partial charge in [0.05, 0.1) is 0 Å². The van der Waals surface area contributed by atoms with Crippen LogP contribution in [0.1, 0.15) is 68.8 Å². The first kappa shape index (κ1) is 25.7. The Balaban J connectivity index is 2.05. The standard InChI is InChI=1S/C28H34F2O2/c1-6-8-10-22(9-7-2)23-13-11-21(12-14-23)20(3)19-26(31)24-15-17-25(18-16-24)27(4,32)28(5,29)30/h6-10,15-18,23,32H,1-2,11-14,19H2,3-5H3/b10-8-,21-20?,22-9+/t23?,27-/m0/s1. The summed E-state index contributed by atoms with van der Waals surface area (Å²) in [6, 6.07) is 5.85. The maximum atomic E-state index is 13.7. The van der Waals surface area contributed by atoms with Crippen LogP contribution in [-0.4, -0.2) is 16.8 Å². The van der Waals surface area contributed by atoms with Gasteiger partial charge in [-0.1, -0.05) is 78.9 Å². The van der Waals surface area contributed by atoms with Crippen LogP contribution in [-0.2, 0) is 5.60 Å². The van der Waals surface area contributed by atoms with Gasteiger partial charge in [0, 0.05) is 18.9 Å². The molecule has 2 nitrogen and oxygen atoms in total. The maximum absolute atomic E-state index is 13.7. The lowest BCUT2D eigenvalue weighted by Gasteiger charge is -2.30. The Morgan fingerprint density at radius 3 is 2.22 bits per heavy atom.